The van der Waals surface area contributed by atoms with Crippen LogP contribution in [-0.2, 0) is 19.6 Å². The summed E-state index contributed by atoms with van der Waals surface area (Å²) in [5.74, 6) is 0.619. The second-order valence-electron chi connectivity index (χ2n) is 11.0. The number of carbonyl (C=O) groups excluding carboxylic acids is 1. The molecule has 4 rings (SSSR count). The number of halogens is 3. The summed E-state index contributed by atoms with van der Waals surface area (Å²) in [4.78, 5) is 14.6. The summed E-state index contributed by atoms with van der Waals surface area (Å²) in [7, 11) is 0.331. The highest BCUT2D eigenvalue weighted by Crippen LogP contribution is 2.40. The van der Waals surface area contributed by atoms with Crippen molar-refractivity contribution in [1.82, 2.24) is 14.5 Å². The molecular formula is C29H38Cl2FN3O4S. The Hall–Kier alpha value is -1.75. The number of carbonyl (C=O) groups is 1. The Morgan fingerprint density at radius 2 is 1.88 bits per heavy atom. The van der Waals surface area contributed by atoms with Gasteiger partial charge in [-0.25, -0.2) is 12.8 Å². The van der Waals surface area contributed by atoms with Gasteiger partial charge in [-0.3, -0.25) is 4.79 Å². The van der Waals surface area contributed by atoms with Crippen LogP contribution in [0.4, 0.5) is 4.39 Å². The summed E-state index contributed by atoms with van der Waals surface area (Å²) in [6, 6.07) is 11.4. The molecule has 11 heteroatoms. The third-order valence-electron chi connectivity index (χ3n) is 8.03. The van der Waals surface area contributed by atoms with E-state index in [0.29, 0.717) is 36.4 Å². The molecule has 1 saturated heterocycles. The van der Waals surface area contributed by atoms with Gasteiger partial charge in [-0.15, -0.1) is 0 Å². The molecule has 2 fully saturated rings. The summed E-state index contributed by atoms with van der Waals surface area (Å²) in [5, 5.41) is 3.39. The molecule has 220 valence electrons. The number of nitrogens with one attached hydrogen (secondary N) is 1. The molecule has 1 N–H and O–H groups in total. The first kappa shape index (κ1) is 31.2. The van der Waals surface area contributed by atoms with Crippen LogP contribution in [0.15, 0.2) is 47.4 Å². The number of hydrogen-bond acceptors (Lipinski definition) is 5. The molecule has 0 spiro atoms. The van der Waals surface area contributed by atoms with E-state index >= 15 is 0 Å². The monoisotopic (exact) mass is 613 g/mol. The Morgan fingerprint density at radius 1 is 1.12 bits per heavy atom. The first-order valence-electron chi connectivity index (χ1n) is 13.8. The lowest BCUT2D eigenvalue weighted by Gasteiger charge is -2.37. The second kappa shape index (κ2) is 13.9. The predicted octanol–water partition coefficient (Wildman–Crippen LogP) is 5.53. The average molecular weight is 615 g/mol. The lowest BCUT2D eigenvalue weighted by atomic mass is 9.75. The third-order valence-corrected chi connectivity index (χ3v) is 10.6. The van der Waals surface area contributed by atoms with Gasteiger partial charge in [0.2, 0.25) is 15.9 Å². The molecule has 1 heterocycles. The molecule has 1 saturated carbocycles. The van der Waals surface area contributed by atoms with Crippen LogP contribution in [0.3, 0.4) is 0 Å². The maximum Gasteiger partial charge on any atom is 0.246 e. The summed E-state index contributed by atoms with van der Waals surface area (Å²) >= 11 is 12.0. The molecule has 40 heavy (non-hydrogen) atoms. The van der Waals surface area contributed by atoms with Crippen molar-refractivity contribution in [2.24, 2.45) is 11.8 Å². The number of amides is 1. The van der Waals surface area contributed by atoms with Crippen molar-refractivity contribution in [3.63, 3.8) is 0 Å². The highest BCUT2D eigenvalue weighted by molar-refractivity contribution is 7.89. The average Bonchev–Trinajstić information content (AvgIpc) is 3.38. The van der Waals surface area contributed by atoms with Gasteiger partial charge in [0, 0.05) is 30.7 Å². The van der Waals surface area contributed by atoms with Gasteiger partial charge < -0.3 is 15.0 Å². The lowest BCUT2D eigenvalue weighted by Crippen LogP contribution is -2.34. The van der Waals surface area contributed by atoms with Crippen molar-refractivity contribution in [3.05, 3.63) is 63.9 Å². The molecular weight excluding hydrogens is 576 g/mol. The fraction of sp³-hybridized carbons (Fsp3) is 0.552. The number of sulfonamides is 1. The topological polar surface area (TPSA) is 79.0 Å². The maximum absolute atomic E-state index is 13.8. The minimum Gasteiger partial charge on any atom is -0.367 e. The van der Waals surface area contributed by atoms with Gasteiger partial charge in [-0.1, -0.05) is 48.2 Å². The van der Waals surface area contributed by atoms with Crippen molar-refractivity contribution < 1.29 is 22.3 Å². The third kappa shape index (κ3) is 7.95. The van der Waals surface area contributed by atoms with E-state index in [4.69, 9.17) is 27.9 Å². The van der Waals surface area contributed by atoms with Crippen LogP contribution in [0, 0.1) is 17.7 Å². The van der Waals surface area contributed by atoms with Crippen molar-refractivity contribution in [1.29, 1.82) is 0 Å². The summed E-state index contributed by atoms with van der Waals surface area (Å²) in [6.07, 6.45) is 5.37. The molecule has 0 radical (unpaired) electrons. The van der Waals surface area contributed by atoms with Gasteiger partial charge in [0.15, 0.2) is 0 Å². The zero-order chi connectivity index (χ0) is 28.9. The summed E-state index contributed by atoms with van der Waals surface area (Å²) in [5.41, 5.74) is 1.03. The van der Waals surface area contributed by atoms with E-state index in [9.17, 15) is 17.6 Å². The van der Waals surface area contributed by atoms with Gasteiger partial charge in [-0.05, 0) is 87.5 Å². The first-order valence-corrected chi connectivity index (χ1v) is 16.0. The number of rotatable bonds is 11. The minimum absolute atomic E-state index is 0.0113. The van der Waals surface area contributed by atoms with Crippen LogP contribution >= 0.6 is 23.2 Å². The van der Waals surface area contributed by atoms with Crippen LogP contribution in [0.25, 0.3) is 0 Å². The highest BCUT2D eigenvalue weighted by atomic mass is 35.5. The van der Waals surface area contributed by atoms with Crippen molar-refractivity contribution in [2.45, 2.75) is 55.6 Å². The van der Waals surface area contributed by atoms with E-state index in [-0.39, 0.29) is 46.9 Å². The summed E-state index contributed by atoms with van der Waals surface area (Å²) in [6.45, 7) is 0.940. The van der Waals surface area contributed by atoms with Crippen molar-refractivity contribution >= 4 is 39.1 Å². The fourth-order valence-electron chi connectivity index (χ4n) is 6.01. The highest BCUT2D eigenvalue weighted by Gasteiger charge is 2.35. The van der Waals surface area contributed by atoms with Gasteiger partial charge >= 0.3 is 0 Å². The number of nitrogens with zero attached hydrogens (tertiary/aromatic N) is 2. The Balaban J connectivity index is 1.15. The van der Waals surface area contributed by atoms with Gasteiger partial charge in [-0.2, -0.15) is 4.31 Å². The van der Waals surface area contributed by atoms with E-state index in [2.05, 4.69) is 24.3 Å². The molecule has 7 nitrogen and oxygen atoms in total. The van der Waals surface area contributed by atoms with E-state index in [0.717, 1.165) is 37.7 Å². The molecule has 1 amide bonds. The largest absolute Gasteiger partial charge is 0.367 e. The molecule has 2 unspecified atom stereocenters. The fourth-order valence-corrected chi connectivity index (χ4v) is 8.24. The zero-order valence-electron chi connectivity index (χ0n) is 23.0. The molecule has 0 aromatic heterocycles. The van der Waals surface area contributed by atoms with Gasteiger partial charge in [0.05, 0.1) is 11.1 Å². The van der Waals surface area contributed by atoms with Crippen LogP contribution < -0.4 is 5.32 Å². The predicted molar refractivity (Wildman–Crippen MR) is 155 cm³/mol. The molecule has 1 aliphatic heterocycles. The minimum atomic E-state index is -3.77. The quantitative estimate of drug-likeness (QED) is 0.361. The van der Waals surface area contributed by atoms with E-state index < -0.39 is 10.0 Å². The standard InChI is InChI=1S/C29H38Cl2FN3O4S/c1-34(2)29(22-4-3-5-24(32)16-22)21-8-6-20(7-9-21)12-14-33-28(36)19-39-25-13-15-35(18-25)40(37,38)27-11-10-23(30)17-26(27)31/h3-5,10-11,16-17,20-21,25,29H,6-9,12-15,18-19H2,1-2H3,(H,33,36). The second-order valence-corrected chi connectivity index (χ2v) is 13.8. The number of benzene rings is 2. The maximum atomic E-state index is 13.8. The Bertz CT molecular complexity index is 1270. The molecule has 2 aliphatic rings. The number of ether oxygens (including phenoxy) is 1. The lowest BCUT2D eigenvalue weighted by molar-refractivity contribution is -0.127. The first-order chi connectivity index (χ1) is 19.0. The van der Waals surface area contributed by atoms with Crippen LogP contribution in [0.5, 0.6) is 0 Å². The Kier molecular flexibility index (Phi) is 10.9. The normalized spacial score (nSPS) is 22.9. The zero-order valence-corrected chi connectivity index (χ0v) is 25.3. The van der Waals surface area contributed by atoms with E-state index in [1.165, 1.54) is 28.6 Å². The van der Waals surface area contributed by atoms with Crippen LogP contribution in [0.1, 0.15) is 50.1 Å². The molecule has 2 aromatic rings. The van der Waals surface area contributed by atoms with Crippen LogP contribution in [0.2, 0.25) is 10.0 Å². The molecule has 2 atom stereocenters. The van der Waals surface area contributed by atoms with Crippen LogP contribution in [-0.4, -0.2) is 70.0 Å². The van der Waals surface area contributed by atoms with Gasteiger partial charge in [0.1, 0.15) is 17.3 Å². The van der Waals surface area contributed by atoms with Gasteiger partial charge in [0.25, 0.3) is 0 Å². The Morgan fingerprint density at radius 3 is 2.55 bits per heavy atom. The van der Waals surface area contributed by atoms with E-state index in [1.807, 2.05) is 6.07 Å². The molecule has 1 aliphatic carbocycles. The molecule has 2 aromatic carbocycles. The Labute approximate surface area is 247 Å². The summed E-state index contributed by atoms with van der Waals surface area (Å²) < 4.78 is 46.8. The molecule has 0 bridgehead atoms. The van der Waals surface area contributed by atoms with E-state index in [1.54, 1.807) is 12.1 Å². The SMILES string of the molecule is CN(C)C(c1cccc(F)c1)C1CCC(CCNC(=O)COC2CCN(S(=O)(=O)c3ccc(Cl)cc3Cl)C2)CC1. The number of hydrogen-bond donors (Lipinski definition) is 1. The smallest absolute Gasteiger partial charge is 0.246 e. The van der Waals surface area contributed by atoms with Crippen molar-refractivity contribution in [3.8, 4) is 0 Å². The van der Waals surface area contributed by atoms with Crippen molar-refractivity contribution in [2.75, 3.05) is 40.3 Å².